The normalized spacial score (nSPS) is 9.42. The van der Waals surface area contributed by atoms with Crippen LogP contribution in [0, 0.1) is 0 Å². The number of benzene rings is 1. The Bertz CT molecular complexity index is 309. The third-order valence-electron chi connectivity index (χ3n) is 1.04. The van der Waals surface area contributed by atoms with Crippen LogP contribution in [0.15, 0.2) is 35.2 Å². The van der Waals surface area contributed by atoms with E-state index in [1.807, 2.05) is 0 Å². The molecule has 58 valence electrons. The molecule has 0 aliphatic rings. The molecule has 3 nitrogen and oxygen atoms in total. The quantitative estimate of drug-likeness (QED) is 0.504. The van der Waals surface area contributed by atoms with E-state index in [-0.39, 0.29) is 64.0 Å². The predicted octanol–water partition coefficient (Wildman–Crippen LogP) is -0.364. The summed E-state index contributed by atoms with van der Waals surface area (Å²) in [5, 5.41) is 0. The molecule has 1 aromatic rings. The Morgan fingerprint density at radius 2 is 1.42 bits per heavy atom. The van der Waals surface area contributed by atoms with E-state index in [9.17, 15) is 8.42 Å². The van der Waals surface area contributed by atoms with Gasteiger partial charge in [-0.15, -0.1) is 0 Å². The summed E-state index contributed by atoms with van der Waals surface area (Å²) >= 11 is 0. The van der Waals surface area contributed by atoms with Gasteiger partial charge < -0.3 is 0 Å². The van der Waals surface area contributed by atoms with Crippen LogP contribution in [0.2, 0.25) is 0 Å². The third kappa shape index (κ3) is 4.99. The van der Waals surface area contributed by atoms with Crippen molar-refractivity contribution in [2.75, 3.05) is 0 Å². The minimum atomic E-state index is -4.00. The minimum absolute atomic E-state index is 0. The van der Waals surface area contributed by atoms with Crippen LogP contribution in [0.25, 0.3) is 0 Å². The fraction of sp³-hybridized carbons (Fsp3) is 0. The number of rotatable bonds is 1. The average molecular weight is 206 g/mol. The van der Waals surface area contributed by atoms with Crippen molar-refractivity contribution in [2.45, 2.75) is 4.90 Å². The van der Waals surface area contributed by atoms with Crippen LogP contribution in [-0.2, 0) is 10.1 Å². The first-order chi connectivity index (χ1) is 4.61. The molecule has 1 aromatic carbocycles. The molecule has 6 heteroatoms. The van der Waals surface area contributed by atoms with E-state index in [0.717, 1.165) is 0 Å². The summed E-state index contributed by atoms with van der Waals surface area (Å²) in [5.74, 6) is 0. The topological polar surface area (TPSA) is 54.4 Å². The molecule has 0 saturated carbocycles. The molecule has 0 unspecified atom stereocenters. The Balaban J connectivity index is 0. The molecule has 0 aromatic heterocycles. The maximum atomic E-state index is 10.4. The van der Waals surface area contributed by atoms with E-state index in [4.69, 9.17) is 4.55 Å². The zero-order valence-corrected chi connectivity index (χ0v) is 5.88. The predicted molar refractivity (Wildman–Crippen MR) is 50.6 cm³/mol. The van der Waals surface area contributed by atoms with Gasteiger partial charge in [0.15, 0.2) is 0 Å². The Morgan fingerprint density at radius 3 is 1.67 bits per heavy atom. The van der Waals surface area contributed by atoms with Gasteiger partial charge in [-0.25, -0.2) is 0 Å². The molecule has 0 atom stereocenters. The van der Waals surface area contributed by atoms with Gasteiger partial charge in [0.1, 0.15) is 0 Å². The van der Waals surface area contributed by atoms with E-state index in [1.54, 1.807) is 18.2 Å². The van der Waals surface area contributed by atoms with Crippen molar-refractivity contribution in [3.63, 3.8) is 0 Å². The molecule has 12 heavy (non-hydrogen) atoms. The van der Waals surface area contributed by atoms with Crippen molar-refractivity contribution < 1.29 is 13.0 Å². The van der Waals surface area contributed by atoms with Crippen LogP contribution >= 0.6 is 0 Å². The summed E-state index contributed by atoms with van der Waals surface area (Å²) in [6.45, 7) is 0. The van der Waals surface area contributed by atoms with Crippen LogP contribution in [0.3, 0.4) is 0 Å². The van der Waals surface area contributed by atoms with Crippen LogP contribution in [0.4, 0.5) is 0 Å². The molecule has 0 saturated heterocycles. The van der Waals surface area contributed by atoms with Crippen LogP contribution in [0.5, 0.6) is 0 Å². The maximum absolute atomic E-state index is 10.4. The Hall–Kier alpha value is 1.13. The standard InChI is InChI=1S/C6H6O3S.2Na.2H/c7-10(8,9)6-4-2-1-3-5-6;;;;/h1-5H,(H,7,8,9);;;;. The number of hydrogen-bond donors (Lipinski definition) is 1. The first kappa shape index (κ1) is 15.6. The summed E-state index contributed by atoms with van der Waals surface area (Å²) in [4.78, 5) is -0.0741. The molecule has 0 spiro atoms. The molecule has 0 heterocycles. The molecule has 0 fully saturated rings. The summed E-state index contributed by atoms with van der Waals surface area (Å²) in [7, 11) is -4.00. The van der Waals surface area contributed by atoms with Gasteiger partial charge in [0.2, 0.25) is 0 Å². The molecule has 0 amide bonds. The molecular weight excluding hydrogens is 198 g/mol. The van der Waals surface area contributed by atoms with Crippen molar-refractivity contribution in [3.8, 4) is 0 Å². The van der Waals surface area contributed by atoms with E-state index >= 15 is 0 Å². The second-order valence-electron chi connectivity index (χ2n) is 1.79. The second-order valence-corrected chi connectivity index (χ2v) is 3.21. The molecule has 1 rings (SSSR count). The van der Waals surface area contributed by atoms with Crippen LogP contribution in [-0.4, -0.2) is 72.1 Å². The van der Waals surface area contributed by atoms with Crippen molar-refractivity contribution >= 4 is 69.2 Å². The van der Waals surface area contributed by atoms with Gasteiger partial charge in [-0.1, -0.05) is 18.2 Å². The van der Waals surface area contributed by atoms with Crippen molar-refractivity contribution in [1.29, 1.82) is 0 Å². The monoisotopic (exact) mass is 206 g/mol. The first-order valence-corrected chi connectivity index (χ1v) is 4.07. The van der Waals surface area contributed by atoms with Gasteiger partial charge in [0, 0.05) is 0 Å². The Morgan fingerprint density at radius 1 is 1.00 bits per heavy atom. The third-order valence-corrected chi connectivity index (χ3v) is 1.91. The molecule has 1 N–H and O–H groups in total. The van der Waals surface area contributed by atoms with Gasteiger partial charge in [-0.05, 0) is 12.1 Å². The van der Waals surface area contributed by atoms with E-state index in [1.165, 1.54) is 12.1 Å². The summed E-state index contributed by atoms with van der Waals surface area (Å²) in [5.41, 5.74) is 0. The van der Waals surface area contributed by atoms with Crippen molar-refractivity contribution in [3.05, 3.63) is 30.3 Å². The average Bonchev–Trinajstić information content (AvgIpc) is 1.88. The fourth-order valence-corrected chi connectivity index (χ4v) is 1.09. The SMILES string of the molecule is O=S(=O)(O)c1ccccc1.[NaH].[NaH]. The molecule has 0 aliphatic carbocycles. The Labute approximate surface area is 116 Å². The molecule has 0 bridgehead atoms. The molecular formula is C6H8Na2O3S. The van der Waals surface area contributed by atoms with Gasteiger partial charge in [-0.3, -0.25) is 4.55 Å². The van der Waals surface area contributed by atoms with Crippen molar-refractivity contribution in [1.82, 2.24) is 0 Å². The van der Waals surface area contributed by atoms with E-state index in [0.29, 0.717) is 0 Å². The van der Waals surface area contributed by atoms with Gasteiger partial charge in [0.25, 0.3) is 10.1 Å². The zero-order valence-electron chi connectivity index (χ0n) is 5.06. The summed E-state index contributed by atoms with van der Waals surface area (Å²) < 4.78 is 29.2. The van der Waals surface area contributed by atoms with E-state index < -0.39 is 10.1 Å². The number of hydrogen-bond acceptors (Lipinski definition) is 2. The van der Waals surface area contributed by atoms with Gasteiger partial charge >= 0.3 is 59.1 Å². The summed E-state index contributed by atoms with van der Waals surface area (Å²) in [6.07, 6.45) is 0. The molecule has 0 radical (unpaired) electrons. The first-order valence-electron chi connectivity index (χ1n) is 2.63. The van der Waals surface area contributed by atoms with Crippen LogP contribution < -0.4 is 0 Å². The van der Waals surface area contributed by atoms with Crippen molar-refractivity contribution in [2.24, 2.45) is 0 Å². The summed E-state index contributed by atoms with van der Waals surface area (Å²) in [6, 6.07) is 7.42. The second kappa shape index (κ2) is 6.56. The van der Waals surface area contributed by atoms with Crippen LogP contribution in [0.1, 0.15) is 0 Å². The fourth-order valence-electron chi connectivity index (χ4n) is 0.592. The molecule has 0 aliphatic heterocycles. The Kier molecular flexibility index (Phi) is 8.53. The van der Waals surface area contributed by atoms with Gasteiger partial charge in [-0.2, -0.15) is 8.42 Å². The zero-order chi connectivity index (χ0) is 7.61. The van der Waals surface area contributed by atoms with E-state index in [2.05, 4.69) is 0 Å². The van der Waals surface area contributed by atoms with Gasteiger partial charge in [0.05, 0.1) is 4.90 Å².